The molecule has 1 heterocycles. The van der Waals surface area contributed by atoms with Crippen molar-refractivity contribution in [1.29, 1.82) is 0 Å². The van der Waals surface area contributed by atoms with E-state index in [1.54, 1.807) is 0 Å². The average molecular weight is 497 g/mol. The standard InChI is InChI=1S/C25H31NO3.C3H7NO.C2H6/c1-6-8-9-18-12-19(11-10-17(18)7-2)24-16(5)29-26-25(24)21-13-20(15(3)4)22(27)14-23(21)28;1-2-4-3-5;1-2/h10-15,27-28H,6-9H2,1-5H3;3H,2H2,1H3,(H,4,5);1-2H3. The van der Waals surface area contributed by atoms with Gasteiger partial charge in [0.2, 0.25) is 6.41 Å². The number of rotatable bonds is 9. The maximum absolute atomic E-state index is 10.5. The van der Waals surface area contributed by atoms with E-state index in [0.29, 0.717) is 23.4 Å². The molecule has 0 aliphatic heterocycles. The van der Waals surface area contributed by atoms with Crippen LogP contribution in [0.3, 0.4) is 0 Å². The Bertz CT molecular complexity index is 1090. The summed E-state index contributed by atoms with van der Waals surface area (Å²) in [5.41, 5.74) is 6.61. The highest BCUT2D eigenvalue weighted by Crippen LogP contribution is 2.42. The van der Waals surface area contributed by atoms with Gasteiger partial charge in [0.25, 0.3) is 0 Å². The van der Waals surface area contributed by atoms with E-state index in [-0.39, 0.29) is 17.4 Å². The average Bonchev–Trinajstić information content (AvgIpc) is 3.25. The predicted octanol–water partition coefficient (Wildman–Crippen LogP) is 7.54. The van der Waals surface area contributed by atoms with E-state index >= 15 is 0 Å². The molecule has 3 N–H and O–H groups in total. The van der Waals surface area contributed by atoms with E-state index in [2.05, 4.69) is 42.5 Å². The molecule has 198 valence electrons. The molecule has 0 saturated heterocycles. The number of phenols is 2. The number of aryl methyl sites for hydroxylation is 3. The first kappa shape index (κ1) is 30.8. The van der Waals surface area contributed by atoms with Crippen molar-refractivity contribution >= 4 is 6.41 Å². The van der Waals surface area contributed by atoms with Crippen LogP contribution in [0.15, 0.2) is 34.9 Å². The van der Waals surface area contributed by atoms with Crippen LogP contribution in [-0.4, -0.2) is 28.3 Å². The summed E-state index contributed by atoms with van der Waals surface area (Å²) >= 11 is 0. The van der Waals surface area contributed by atoms with Gasteiger partial charge in [-0.3, -0.25) is 4.79 Å². The Kier molecular flexibility index (Phi) is 13.4. The van der Waals surface area contributed by atoms with Crippen molar-refractivity contribution in [3.8, 4) is 33.9 Å². The SMILES string of the molecule is CC.CCCCc1cc(-c2c(-c3cc(C(C)C)c(O)cc3O)noc2C)ccc1CC.CCNC=O. The van der Waals surface area contributed by atoms with Gasteiger partial charge in [-0.25, -0.2) is 0 Å². The van der Waals surface area contributed by atoms with E-state index in [1.165, 1.54) is 17.2 Å². The van der Waals surface area contributed by atoms with E-state index in [1.807, 2.05) is 47.6 Å². The summed E-state index contributed by atoms with van der Waals surface area (Å²) in [4.78, 5) is 9.29. The number of benzene rings is 2. The normalized spacial score (nSPS) is 10.2. The summed E-state index contributed by atoms with van der Waals surface area (Å²) in [6.45, 7) is 16.9. The molecular formula is C30H44N2O4. The number of aromatic hydroxyl groups is 2. The van der Waals surface area contributed by atoms with Gasteiger partial charge in [-0.2, -0.15) is 0 Å². The lowest BCUT2D eigenvalue weighted by Crippen LogP contribution is -2.07. The Morgan fingerprint density at radius 2 is 1.72 bits per heavy atom. The number of phenolic OH excluding ortho intramolecular Hbond substituents is 2. The third-order valence-corrected chi connectivity index (χ3v) is 5.85. The van der Waals surface area contributed by atoms with Crippen LogP contribution in [0.2, 0.25) is 0 Å². The van der Waals surface area contributed by atoms with Crippen molar-refractivity contribution in [2.24, 2.45) is 0 Å². The molecule has 0 unspecified atom stereocenters. The number of hydrogen-bond acceptors (Lipinski definition) is 5. The Labute approximate surface area is 216 Å². The van der Waals surface area contributed by atoms with Crippen LogP contribution < -0.4 is 5.32 Å². The molecule has 0 spiro atoms. The zero-order valence-electron chi connectivity index (χ0n) is 23.2. The van der Waals surface area contributed by atoms with Crippen LogP contribution in [0.1, 0.15) is 89.7 Å². The van der Waals surface area contributed by atoms with Crippen molar-refractivity contribution in [1.82, 2.24) is 10.5 Å². The van der Waals surface area contributed by atoms with Crippen LogP contribution in [0.5, 0.6) is 11.5 Å². The Morgan fingerprint density at radius 1 is 1.03 bits per heavy atom. The maximum Gasteiger partial charge on any atom is 0.207 e. The minimum absolute atomic E-state index is 0.00200. The number of unbranched alkanes of at least 4 members (excludes halogenated alkanes) is 1. The monoisotopic (exact) mass is 496 g/mol. The van der Waals surface area contributed by atoms with Crippen LogP contribution in [0.25, 0.3) is 22.4 Å². The first-order valence-corrected chi connectivity index (χ1v) is 13.1. The molecule has 2 aromatic carbocycles. The lowest BCUT2D eigenvalue weighted by molar-refractivity contribution is -0.109. The highest BCUT2D eigenvalue weighted by Gasteiger charge is 2.22. The minimum atomic E-state index is -0.00200. The van der Waals surface area contributed by atoms with Gasteiger partial charge in [-0.1, -0.05) is 71.3 Å². The predicted molar refractivity (Wildman–Crippen MR) is 149 cm³/mol. The number of carbonyl (C=O) groups excluding carboxylic acids is 1. The molecule has 6 nitrogen and oxygen atoms in total. The highest BCUT2D eigenvalue weighted by atomic mass is 16.5. The number of nitrogens with zero attached hydrogens (tertiary/aromatic N) is 1. The molecular weight excluding hydrogens is 452 g/mol. The lowest BCUT2D eigenvalue weighted by Gasteiger charge is -2.14. The summed E-state index contributed by atoms with van der Waals surface area (Å²) in [6.07, 6.45) is 5.05. The fourth-order valence-electron chi connectivity index (χ4n) is 3.95. The summed E-state index contributed by atoms with van der Waals surface area (Å²) in [7, 11) is 0. The molecule has 0 aliphatic carbocycles. The van der Waals surface area contributed by atoms with Gasteiger partial charge < -0.3 is 20.1 Å². The molecule has 3 aromatic rings. The summed E-state index contributed by atoms with van der Waals surface area (Å²) in [5.74, 6) is 0.926. The smallest absolute Gasteiger partial charge is 0.207 e. The van der Waals surface area contributed by atoms with Crippen molar-refractivity contribution < 1.29 is 19.5 Å². The van der Waals surface area contributed by atoms with Gasteiger partial charge in [0, 0.05) is 18.2 Å². The first-order valence-electron chi connectivity index (χ1n) is 13.1. The molecule has 6 heteroatoms. The Morgan fingerprint density at radius 3 is 2.25 bits per heavy atom. The Balaban J connectivity index is 0.000000826. The lowest BCUT2D eigenvalue weighted by atomic mass is 9.91. The maximum atomic E-state index is 10.5. The fourth-order valence-corrected chi connectivity index (χ4v) is 3.95. The van der Waals surface area contributed by atoms with E-state index in [9.17, 15) is 15.0 Å². The zero-order valence-corrected chi connectivity index (χ0v) is 23.2. The second kappa shape index (κ2) is 15.7. The molecule has 0 atom stereocenters. The largest absolute Gasteiger partial charge is 0.508 e. The molecule has 1 amide bonds. The van der Waals surface area contributed by atoms with Gasteiger partial charge in [0.05, 0.1) is 5.56 Å². The molecule has 0 saturated carbocycles. The minimum Gasteiger partial charge on any atom is -0.508 e. The van der Waals surface area contributed by atoms with Crippen molar-refractivity contribution in [2.75, 3.05) is 6.54 Å². The van der Waals surface area contributed by atoms with Gasteiger partial charge in [0.1, 0.15) is 23.0 Å². The van der Waals surface area contributed by atoms with Crippen LogP contribution >= 0.6 is 0 Å². The van der Waals surface area contributed by atoms with Crippen LogP contribution in [0.4, 0.5) is 0 Å². The van der Waals surface area contributed by atoms with Crippen molar-refractivity contribution in [3.05, 3.63) is 52.8 Å². The number of carbonyl (C=O) groups is 1. The topological polar surface area (TPSA) is 95.6 Å². The molecule has 0 radical (unpaired) electrons. The van der Waals surface area contributed by atoms with E-state index < -0.39 is 0 Å². The first-order chi connectivity index (χ1) is 17.3. The van der Waals surface area contributed by atoms with Gasteiger partial charge >= 0.3 is 0 Å². The van der Waals surface area contributed by atoms with Crippen molar-refractivity contribution in [2.45, 2.75) is 87.0 Å². The van der Waals surface area contributed by atoms with Crippen molar-refractivity contribution in [3.63, 3.8) is 0 Å². The summed E-state index contributed by atoms with van der Waals surface area (Å²) in [5, 5.41) is 27.4. The van der Waals surface area contributed by atoms with E-state index in [4.69, 9.17) is 4.52 Å². The molecule has 1 aromatic heterocycles. The van der Waals surface area contributed by atoms with Crippen LogP contribution in [0, 0.1) is 6.92 Å². The van der Waals surface area contributed by atoms with Crippen LogP contribution in [-0.2, 0) is 17.6 Å². The fraction of sp³-hybridized carbons (Fsp3) is 0.467. The molecule has 36 heavy (non-hydrogen) atoms. The van der Waals surface area contributed by atoms with Gasteiger partial charge in [-0.05, 0) is 67.3 Å². The molecule has 3 rings (SSSR count). The number of aromatic nitrogens is 1. The highest BCUT2D eigenvalue weighted by molar-refractivity contribution is 5.85. The quantitative estimate of drug-likeness (QED) is 0.266. The molecule has 0 fully saturated rings. The Hall–Kier alpha value is -3.28. The molecule has 0 bridgehead atoms. The number of amides is 1. The third-order valence-electron chi connectivity index (χ3n) is 5.85. The summed E-state index contributed by atoms with van der Waals surface area (Å²) in [6, 6.07) is 9.74. The third kappa shape index (κ3) is 7.87. The number of hydrogen-bond donors (Lipinski definition) is 3. The van der Waals surface area contributed by atoms with Gasteiger partial charge in [0.15, 0.2) is 0 Å². The second-order valence-corrected chi connectivity index (χ2v) is 8.66. The zero-order chi connectivity index (χ0) is 27.3. The van der Waals surface area contributed by atoms with Gasteiger partial charge in [-0.15, -0.1) is 0 Å². The summed E-state index contributed by atoms with van der Waals surface area (Å²) < 4.78 is 5.54. The number of nitrogens with one attached hydrogen (secondary N) is 1. The molecule has 0 aliphatic rings. The van der Waals surface area contributed by atoms with E-state index in [0.717, 1.165) is 48.9 Å². The second-order valence-electron chi connectivity index (χ2n) is 8.66.